The predicted molar refractivity (Wildman–Crippen MR) is 108 cm³/mol. The average molecular weight is 380 g/mol. The number of sulfonamides is 1. The fraction of sp³-hybridized carbons (Fsp3) is 0.200. The van der Waals surface area contributed by atoms with Crippen molar-refractivity contribution >= 4 is 21.5 Å². The van der Waals surface area contributed by atoms with E-state index in [1.54, 1.807) is 37.7 Å². The van der Waals surface area contributed by atoms with Crippen LogP contribution in [0.15, 0.2) is 54.7 Å². The number of hydrogen-bond acceptors (Lipinski definition) is 3. The molecule has 1 N–H and O–H groups in total. The van der Waals surface area contributed by atoms with Crippen molar-refractivity contribution < 1.29 is 8.42 Å². The van der Waals surface area contributed by atoms with E-state index < -0.39 is 15.3 Å². The third-order valence-electron chi connectivity index (χ3n) is 4.22. The van der Waals surface area contributed by atoms with Crippen molar-refractivity contribution in [3.8, 4) is 22.3 Å². The highest BCUT2D eigenvalue weighted by atomic mass is 32.2. The summed E-state index contributed by atoms with van der Waals surface area (Å²) < 4.78 is 28.8. The van der Waals surface area contributed by atoms with Gasteiger partial charge in [-0.3, -0.25) is 4.72 Å². The van der Waals surface area contributed by atoms with Gasteiger partial charge < -0.3 is 4.85 Å². The van der Waals surface area contributed by atoms with Crippen molar-refractivity contribution in [3.05, 3.63) is 66.1 Å². The molecule has 0 amide bonds. The smallest absolute Gasteiger partial charge is 0.303 e. The van der Waals surface area contributed by atoms with E-state index in [1.165, 1.54) is 0 Å². The minimum atomic E-state index is -3.43. The first kappa shape index (κ1) is 18.7. The van der Waals surface area contributed by atoms with E-state index in [0.29, 0.717) is 11.5 Å². The van der Waals surface area contributed by atoms with Gasteiger partial charge in [0.1, 0.15) is 0 Å². The summed E-state index contributed by atoms with van der Waals surface area (Å²) in [6, 6.07) is 15.0. The second-order valence-electron chi connectivity index (χ2n) is 6.47. The molecule has 3 rings (SSSR count). The van der Waals surface area contributed by atoms with Gasteiger partial charge in [-0.15, -0.1) is 0 Å². The lowest BCUT2D eigenvalue weighted by molar-refractivity contribution is 0.593. The van der Waals surface area contributed by atoms with E-state index in [1.807, 2.05) is 42.6 Å². The van der Waals surface area contributed by atoms with Gasteiger partial charge in [0.2, 0.25) is 10.0 Å². The Morgan fingerprint density at radius 1 is 1.04 bits per heavy atom. The SMILES string of the molecule is [C-]#[N+]c1nn(C)cc1-c1ccc(-c2ccccc2NS(=O)(=O)C(C)C)cc1. The molecule has 3 aromatic rings. The van der Waals surface area contributed by atoms with Crippen molar-refractivity contribution in [3.63, 3.8) is 0 Å². The third kappa shape index (κ3) is 3.86. The number of rotatable bonds is 5. The normalized spacial score (nSPS) is 11.4. The van der Waals surface area contributed by atoms with Crippen LogP contribution in [0.3, 0.4) is 0 Å². The minimum absolute atomic E-state index is 0.357. The van der Waals surface area contributed by atoms with Gasteiger partial charge in [-0.1, -0.05) is 49.0 Å². The van der Waals surface area contributed by atoms with Crippen LogP contribution >= 0.6 is 0 Å². The van der Waals surface area contributed by atoms with Crippen molar-refractivity contribution in [2.45, 2.75) is 19.1 Å². The van der Waals surface area contributed by atoms with Gasteiger partial charge in [0.15, 0.2) is 0 Å². The summed E-state index contributed by atoms with van der Waals surface area (Å²) in [5, 5.41) is 3.62. The fourth-order valence-electron chi connectivity index (χ4n) is 2.69. The molecule has 0 unspecified atom stereocenters. The van der Waals surface area contributed by atoms with Crippen LogP contribution in [0.25, 0.3) is 27.1 Å². The van der Waals surface area contributed by atoms with Gasteiger partial charge in [0.25, 0.3) is 0 Å². The summed E-state index contributed by atoms with van der Waals surface area (Å²) in [6.07, 6.45) is 1.81. The van der Waals surface area contributed by atoms with Crippen molar-refractivity contribution in [1.29, 1.82) is 0 Å². The molecule has 0 bridgehead atoms. The Morgan fingerprint density at radius 3 is 2.22 bits per heavy atom. The summed E-state index contributed by atoms with van der Waals surface area (Å²) >= 11 is 0. The molecule has 138 valence electrons. The molecule has 7 heteroatoms. The molecule has 0 aliphatic carbocycles. The molecule has 0 atom stereocenters. The monoisotopic (exact) mass is 380 g/mol. The Hall–Kier alpha value is -3.11. The quantitative estimate of drug-likeness (QED) is 0.665. The Morgan fingerprint density at radius 2 is 1.63 bits per heavy atom. The first-order valence-electron chi connectivity index (χ1n) is 8.44. The van der Waals surface area contributed by atoms with Crippen molar-refractivity contribution in [2.24, 2.45) is 7.05 Å². The number of nitrogens with zero attached hydrogens (tertiary/aromatic N) is 3. The van der Waals surface area contributed by atoms with E-state index in [2.05, 4.69) is 14.7 Å². The summed E-state index contributed by atoms with van der Waals surface area (Å²) in [5.41, 5.74) is 3.88. The largest absolute Gasteiger partial charge is 0.358 e. The number of benzene rings is 2. The minimum Gasteiger partial charge on any atom is -0.358 e. The van der Waals surface area contributed by atoms with Crippen LogP contribution in [0.2, 0.25) is 0 Å². The highest BCUT2D eigenvalue weighted by Gasteiger charge is 2.18. The van der Waals surface area contributed by atoms with Crippen molar-refractivity contribution in [1.82, 2.24) is 9.78 Å². The zero-order valence-corrected chi connectivity index (χ0v) is 16.2. The van der Waals surface area contributed by atoms with Gasteiger partial charge in [0.05, 0.1) is 10.9 Å². The second kappa shape index (κ2) is 7.25. The number of nitrogens with one attached hydrogen (secondary N) is 1. The van der Waals surface area contributed by atoms with Crippen LogP contribution in [-0.4, -0.2) is 23.4 Å². The predicted octanol–water partition coefficient (Wildman–Crippen LogP) is 4.45. The third-order valence-corrected chi connectivity index (χ3v) is 5.97. The molecule has 0 fully saturated rings. The number of anilines is 1. The Balaban J connectivity index is 1.98. The number of aromatic nitrogens is 2. The van der Waals surface area contributed by atoms with Gasteiger partial charge in [0, 0.05) is 24.4 Å². The van der Waals surface area contributed by atoms with E-state index in [9.17, 15) is 8.42 Å². The molecule has 0 aliphatic heterocycles. The van der Waals surface area contributed by atoms with E-state index in [4.69, 9.17) is 6.57 Å². The van der Waals surface area contributed by atoms with Gasteiger partial charge in [-0.25, -0.2) is 13.1 Å². The topological polar surface area (TPSA) is 68.3 Å². The number of hydrogen-bond donors (Lipinski definition) is 1. The lowest BCUT2D eigenvalue weighted by atomic mass is 10.0. The maximum atomic E-state index is 12.2. The summed E-state index contributed by atoms with van der Waals surface area (Å²) in [6.45, 7) is 10.5. The first-order chi connectivity index (χ1) is 12.8. The Bertz CT molecular complexity index is 1110. The van der Waals surface area contributed by atoms with E-state index >= 15 is 0 Å². The molecule has 0 aliphatic rings. The zero-order valence-electron chi connectivity index (χ0n) is 15.3. The highest BCUT2D eigenvalue weighted by molar-refractivity contribution is 7.93. The molecule has 1 heterocycles. The molecule has 6 nitrogen and oxygen atoms in total. The van der Waals surface area contributed by atoms with Crippen LogP contribution < -0.4 is 4.72 Å². The van der Waals surface area contributed by atoms with Crippen LogP contribution in [0, 0.1) is 6.57 Å². The van der Waals surface area contributed by atoms with Crippen LogP contribution in [0.4, 0.5) is 11.5 Å². The summed E-state index contributed by atoms with van der Waals surface area (Å²) in [5.74, 6) is 0.357. The molecule has 1 aromatic heterocycles. The van der Waals surface area contributed by atoms with Gasteiger partial charge >= 0.3 is 5.82 Å². The summed E-state index contributed by atoms with van der Waals surface area (Å²) in [7, 11) is -1.65. The van der Waals surface area contributed by atoms with Crippen LogP contribution in [-0.2, 0) is 17.1 Å². The lowest BCUT2D eigenvalue weighted by Crippen LogP contribution is -2.22. The van der Waals surface area contributed by atoms with E-state index in [-0.39, 0.29) is 0 Å². The average Bonchev–Trinajstić information content (AvgIpc) is 3.03. The molecule has 2 aromatic carbocycles. The molecule has 27 heavy (non-hydrogen) atoms. The maximum Gasteiger partial charge on any atom is 0.303 e. The Labute approximate surface area is 159 Å². The number of aryl methyl sites for hydroxylation is 1. The first-order valence-corrected chi connectivity index (χ1v) is 9.99. The molecular formula is C20H20N4O2S. The van der Waals surface area contributed by atoms with Gasteiger partial charge in [-0.2, -0.15) is 0 Å². The standard InChI is InChI=1S/C20H20N4O2S/c1-14(2)27(25,26)23-19-8-6-5-7-17(19)15-9-11-16(12-10-15)18-13-24(4)22-20(18)21-3/h5-14,23H,1-2,4H3. The molecular weight excluding hydrogens is 360 g/mol. The second-order valence-corrected chi connectivity index (χ2v) is 8.71. The summed E-state index contributed by atoms with van der Waals surface area (Å²) in [4.78, 5) is 3.46. The molecule has 0 spiro atoms. The molecule has 0 saturated carbocycles. The number of para-hydroxylation sites is 1. The lowest BCUT2D eigenvalue weighted by Gasteiger charge is -2.15. The molecule has 0 saturated heterocycles. The van der Waals surface area contributed by atoms with Crippen molar-refractivity contribution in [2.75, 3.05) is 4.72 Å². The Kier molecular flexibility index (Phi) is 5.02. The van der Waals surface area contributed by atoms with Crippen LogP contribution in [0.1, 0.15) is 13.8 Å². The van der Waals surface area contributed by atoms with Crippen LogP contribution in [0.5, 0.6) is 0 Å². The van der Waals surface area contributed by atoms with E-state index in [0.717, 1.165) is 22.3 Å². The zero-order chi connectivity index (χ0) is 19.6. The maximum absolute atomic E-state index is 12.2. The fourth-order valence-corrected chi connectivity index (χ4v) is 3.41. The van der Waals surface area contributed by atoms with Gasteiger partial charge in [-0.05, 0) is 36.1 Å². The highest BCUT2D eigenvalue weighted by Crippen LogP contribution is 2.33. The molecule has 0 radical (unpaired) electrons.